The second kappa shape index (κ2) is 8.49. The number of nitrogens with two attached hydrogens (primary N) is 1. The Morgan fingerprint density at radius 3 is 2.54 bits per heavy atom. The minimum atomic E-state index is -4.44. The molecule has 1 aromatic carbocycles. The van der Waals surface area contributed by atoms with Crippen LogP contribution in [-0.4, -0.2) is 22.0 Å². The van der Waals surface area contributed by atoms with Gasteiger partial charge in [0.05, 0.1) is 5.56 Å². The van der Waals surface area contributed by atoms with Gasteiger partial charge in [0.1, 0.15) is 0 Å². The van der Waals surface area contributed by atoms with Gasteiger partial charge in [0.2, 0.25) is 5.89 Å². The predicted octanol–water partition coefficient (Wildman–Crippen LogP) is 4.08. The van der Waals surface area contributed by atoms with Gasteiger partial charge in [-0.05, 0) is 49.8 Å². The van der Waals surface area contributed by atoms with E-state index in [1.54, 1.807) is 0 Å². The van der Waals surface area contributed by atoms with Gasteiger partial charge in [-0.15, -0.1) is 29.3 Å². The number of hydrogen-bond donors (Lipinski definition) is 2. The summed E-state index contributed by atoms with van der Waals surface area (Å²) in [5.74, 6) is 0.189. The third kappa shape index (κ3) is 5.05. The van der Waals surface area contributed by atoms with Crippen molar-refractivity contribution in [3.05, 3.63) is 34.3 Å². The Morgan fingerprint density at radius 2 is 1.96 bits per heavy atom. The molecule has 1 heterocycles. The third-order valence-electron chi connectivity index (χ3n) is 4.34. The molecule has 3 N–H and O–H groups in total. The molecule has 1 aromatic heterocycles. The molecule has 0 amide bonds. The molecule has 3 rings (SSSR count). The lowest BCUT2D eigenvalue weighted by Crippen LogP contribution is -2.27. The van der Waals surface area contributed by atoms with Crippen molar-refractivity contribution in [1.82, 2.24) is 10.2 Å². The molecule has 1 fully saturated rings. The lowest BCUT2D eigenvalue weighted by Gasteiger charge is -2.26. The maximum Gasteiger partial charge on any atom is 0.434 e. The van der Waals surface area contributed by atoms with E-state index in [0.29, 0.717) is 17.2 Å². The number of aromatic amines is 1. The zero-order valence-corrected chi connectivity index (χ0v) is 15.3. The van der Waals surface area contributed by atoms with E-state index in [1.807, 2.05) is 0 Å². The van der Waals surface area contributed by atoms with Crippen molar-refractivity contribution in [1.29, 1.82) is 0 Å². The van der Waals surface area contributed by atoms with Gasteiger partial charge >= 0.3 is 11.9 Å². The maximum absolute atomic E-state index is 13.3. The van der Waals surface area contributed by atoms with Gasteiger partial charge in [-0.2, -0.15) is 13.2 Å². The molecule has 5 nitrogen and oxygen atoms in total. The van der Waals surface area contributed by atoms with Crippen molar-refractivity contribution in [3.63, 3.8) is 0 Å². The minimum absolute atomic E-state index is 0. The van der Waals surface area contributed by atoms with Gasteiger partial charge in [-0.3, -0.25) is 0 Å². The molecule has 1 aliphatic carbocycles. The van der Waals surface area contributed by atoms with Crippen LogP contribution in [0.15, 0.2) is 32.3 Å². The summed E-state index contributed by atoms with van der Waals surface area (Å²) >= 11 is 1.18. The smallest absolute Gasteiger partial charge is 0.388 e. The van der Waals surface area contributed by atoms with Crippen LogP contribution in [0.3, 0.4) is 0 Å². The van der Waals surface area contributed by atoms with Gasteiger partial charge < -0.3 is 10.2 Å². The fraction of sp³-hybridized carbons (Fsp3) is 0.500. The summed E-state index contributed by atoms with van der Waals surface area (Å²) in [5.41, 5.74) is 5.51. The Bertz CT molecular complexity index is 786. The Morgan fingerprint density at radius 1 is 1.27 bits per heavy atom. The average Bonchev–Trinajstić information content (AvgIpc) is 3.00. The topological polar surface area (TPSA) is 84.9 Å². The first-order valence-corrected chi connectivity index (χ1v) is 8.97. The van der Waals surface area contributed by atoms with E-state index < -0.39 is 17.5 Å². The summed E-state index contributed by atoms with van der Waals surface area (Å²) in [4.78, 5) is 11.2. The Labute approximate surface area is 158 Å². The highest BCUT2D eigenvalue weighted by Crippen LogP contribution is 2.40. The second-order valence-electron chi connectivity index (χ2n) is 6.22. The first-order chi connectivity index (χ1) is 11.8. The van der Waals surface area contributed by atoms with Crippen molar-refractivity contribution in [2.75, 3.05) is 5.75 Å². The number of nitrogens with zero attached hydrogens (tertiary/aromatic N) is 1. The van der Waals surface area contributed by atoms with Crippen LogP contribution >= 0.6 is 24.2 Å². The molecule has 0 unspecified atom stereocenters. The molecule has 144 valence electrons. The van der Waals surface area contributed by atoms with Crippen molar-refractivity contribution in [2.24, 2.45) is 11.7 Å². The number of rotatable bonds is 4. The molecule has 0 saturated heterocycles. The summed E-state index contributed by atoms with van der Waals surface area (Å²) in [5, 5.41) is 5.77. The van der Waals surface area contributed by atoms with Crippen LogP contribution in [0.1, 0.15) is 31.2 Å². The summed E-state index contributed by atoms with van der Waals surface area (Å²) in [6, 6.07) is 3.84. The van der Waals surface area contributed by atoms with Crippen LogP contribution in [0.2, 0.25) is 0 Å². The van der Waals surface area contributed by atoms with E-state index in [2.05, 4.69) is 10.2 Å². The molecular formula is C16H19ClF3N3O2S. The van der Waals surface area contributed by atoms with Crippen molar-refractivity contribution in [2.45, 2.75) is 42.8 Å². The van der Waals surface area contributed by atoms with Crippen LogP contribution in [0.4, 0.5) is 13.2 Å². The molecule has 0 radical (unpaired) electrons. The first kappa shape index (κ1) is 20.9. The van der Waals surface area contributed by atoms with Crippen molar-refractivity contribution < 1.29 is 17.6 Å². The Kier molecular flexibility index (Phi) is 6.81. The SMILES string of the molecule is Cl.N[C@H]1CC[C@H](CSc2cc(-c3n[nH]c(=O)o3)ccc2C(F)(F)F)CC1. The fourth-order valence-corrected chi connectivity index (χ4v) is 4.22. The number of aromatic nitrogens is 2. The molecule has 0 bridgehead atoms. The van der Waals surface area contributed by atoms with E-state index >= 15 is 0 Å². The minimum Gasteiger partial charge on any atom is -0.388 e. The van der Waals surface area contributed by atoms with Crippen molar-refractivity contribution in [3.8, 4) is 11.5 Å². The number of halogens is 4. The van der Waals surface area contributed by atoms with E-state index in [9.17, 15) is 18.0 Å². The Hall–Kier alpha value is -1.45. The van der Waals surface area contributed by atoms with Crippen LogP contribution in [0.25, 0.3) is 11.5 Å². The average molecular weight is 410 g/mol. The predicted molar refractivity (Wildman–Crippen MR) is 95.5 cm³/mol. The fourth-order valence-electron chi connectivity index (χ4n) is 2.92. The van der Waals surface area contributed by atoms with Crippen LogP contribution in [0, 0.1) is 5.92 Å². The molecule has 1 aliphatic rings. The number of benzene rings is 1. The lowest BCUT2D eigenvalue weighted by atomic mass is 9.88. The highest BCUT2D eigenvalue weighted by atomic mass is 35.5. The monoisotopic (exact) mass is 409 g/mol. The van der Waals surface area contributed by atoms with E-state index in [1.165, 1.54) is 23.9 Å². The van der Waals surface area contributed by atoms with Crippen LogP contribution in [-0.2, 0) is 6.18 Å². The summed E-state index contributed by atoms with van der Waals surface area (Å²) < 4.78 is 44.7. The second-order valence-corrected chi connectivity index (χ2v) is 7.28. The molecular weight excluding hydrogens is 391 g/mol. The first-order valence-electron chi connectivity index (χ1n) is 7.98. The summed E-state index contributed by atoms with van der Waals surface area (Å²) in [6.45, 7) is 0. The highest BCUT2D eigenvalue weighted by molar-refractivity contribution is 7.99. The Balaban J connectivity index is 0.00000243. The lowest BCUT2D eigenvalue weighted by molar-refractivity contribution is -0.139. The largest absolute Gasteiger partial charge is 0.434 e. The van der Waals surface area contributed by atoms with Crippen molar-refractivity contribution >= 4 is 24.2 Å². The normalized spacial score (nSPS) is 20.6. The standard InChI is InChI=1S/C16H18F3N3O2S.ClH/c17-16(18,19)12-6-3-10(14-21-22-15(23)24-14)7-13(12)25-8-9-1-4-11(20)5-2-9;/h3,6-7,9,11H,1-2,4-5,8,20H2,(H,22,23);1H/t9-,11-;. The highest BCUT2D eigenvalue weighted by Gasteiger charge is 2.34. The number of H-pyrrole nitrogens is 1. The molecule has 2 aromatic rings. The quantitative estimate of drug-likeness (QED) is 0.743. The number of nitrogens with one attached hydrogen (secondary N) is 1. The van der Waals surface area contributed by atoms with Crippen LogP contribution in [0.5, 0.6) is 0 Å². The molecule has 1 saturated carbocycles. The zero-order chi connectivity index (χ0) is 18.0. The molecule has 26 heavy (non-hydrogen) atoms. The summed E-state index contributed by atoms with van der Waals surface area (Å²) in [7, 11) is 0. The van der Waals surface area contributed by atoms with E-state index in [-0.39, 0.29) is 29.2 Å². The number of alkyl halides is 3. The van der Waals surface area contributed by atoms with Gasteiger partial charge in [0, 0.05) is 22.3 Å². The van der Waals surface area contributed by atoms with Gasteiger partial charge in [-0.25, -0.2) is 9.89 Å². The molecule has 0 aliphatic heterocycles. The number of hydrogen-bond acceptors (Lipinski definition) is 5. The molecule has 0 atom stereocenters. The third-order valence-corrected chi connectivity index (χ3v) is 5.62. The van der Waals surface area contributed by atoms with E-state index in [0.717, 1.165) is 31.7 Å². The maximum atomic E-state index is 13.3. The summed E-state index contributed by atoms with van der Waals surface area (Å²) in [6.07, 6.45) is -0.749. The molecule has 10 heteroatoms. The number of thioether (sulfide) groups is 1. The van der Waals surface area contributed by atoms with Gasteiger partial charge in [0.15, 0.2) is 0 Å². The zero-order valence-electron chi connectivity index (χ0n) is 13.7. The van der Waals surface area contributed by atoms with Crippen LogP contribution < -0.4 is 11.5 Å². The molecule has 0 spiro atoms. The van der Waals surface area contributed by atoms with E-state index in [4.69, 9.17) is 10.2 Å². The van der Waals surface area contributed by atoms with Gasteiger partial charge in [0.25, 0.3) is 0 Å². The van der Waals surface area contributed by atoms with Gasteiger partial charge in [-0.1, -0.05) is 0 Å².